The van der Waals surface area contributed by atoms with Crippen molar-refractivity contribution in [1.82, 2.24) is 14.3 Å². The molecule has 1 saturated heterocycles. The van der Waals surface area contributed by atoms with Gasteiger partial charge in [-0.15, -0.1) is 0 Å². The molecular formula is C22H30N4O5S. The van der Waals surface area contributed by atoms with Crippen molar-refractivity contribution in [1.29, 1.82) is 5.41 Å². The molecule has 10 heteroatoms. The summed E-state index contributed by atoms with van der Waals surface area (Å²) in [7, 11) is -1.42. The number of hydrogen-bond acceptors (Lipinski definition) is 7. The van der Waals surface area contributed by atoms with Crippen LogP contribution in [0.3, 0.4) is 0 Å². The predicted molar refractivity (Wildman–Crippen MR) is 123 cm³/mol. The van der Waals surface area contributed by atoms with Crippen LogP contribution in [-0.4, -0.2) is 68.3 Å². The number of aliphatic hydroxyl groups excluding tert-OH is 1. The molecule has 9 nitrogen and oxygen atoms in total. The molecule has 1 atom stereocenters. The molecule has 2 aromatic rings. The van der Waals surface area contributed by atoms with E-state index in [1.807, 2.05) is 13.8 Å². The maximum atomic E-state index is 13.0. The van der Waals surface area contributed by atoms with E-state index < -0.39 is 11.0 Å². The summed E-state index contributed by atoms with van der Waals surface area (Å²) in [4.78, 5) is 20.5. The monoisotopic (exact) mass is 462 g/mol. The molecule has 1 aromatic heterocycles. The van der Waals surface area contributed by atoms with Gasteiger partial charge in [0, 0.05) is 18.7 Å². The standard InChI is InChI=1S/C22H30N4O5S/c1-4-6-18(23)20-14(3)22(28)25-21(24-20)17-11-16(7-8-19(17)30-5-2)32(29)26-12-15(13-26)31-10-9-27/h7-8,11,15,23,27H,4-6,9-10,12-13H2,1-3H3,(H,24,25,28). The van der Waals surface area contributed by atoms with Crippen molar-refractivity contribution in [3.63, 3.8) is 0 Å². The first-order valence-electron chi connectivity index (χ1n) is 10.7. The molecular weight excluding hydrogens is 432 g/mol. The molecule has 174 valence electrons. The third kappa shape index (κ3) is 5.32. The second kappa shape index (κ2) is 11.0. The number of hydrogen-bond donors (Lipinski definition) is 3. The van der Waals surface area contributed by atoms with Crippen LogP contribution in [-0.2, 0) is 15.7 Å². The minimum atomic E-state index is -1.42. The highest BCUT2D eigenvalue weighted by atomic mass is 32.2. The van der Waals surface area contributed by atoms with Crippen LogP contribution in [0, 0.1) is 12.3 Å². The molecule has 1 fully saturated rings. The van der Waals surface area contributed by atoms with Crippen LogP contribution in [0.25, 0.3) is 11.4 Å². The summed E-state index contributed by atoms with van der Waals surface area (Å²) in [5.41, 5.74) is 1.29. The second-order valence-electron chi connectivity index (χ2n) is 7.52. The zero-order valence-electron chi connectivity index (χ0n) is 18.6. The number of nitrogens with zero attached hydrogens (tertiary/aromatic N) is 2. The lowest BCUT2D eigenvalue weighted by molar-refractivity contribution is -0.0309. The van der Waals surface area contributed by atoms with Crippen molar-refractivity contribution in [2.24, 2.45) is 0 Å². The first-order chi connectivity index (χ1) is 15.4. The summed E-state index contributed by atoms with van der Waals surface area (Å²) in [5.74, 6) is 0.799. The molecule has 0 radical (unpaired) electrons. The van der Waals surface area contributed by atoms with E-state index in [9.17, 15) is 9.00 Å². The molecule has 0 saturated carbocycles. The Morgan fingerprint density at radius 1 is 1.38 bits per heavy atom. The Labute approximate surface area is 189 Å². The number of aromatic nitrogens is 2. The van der Waals surface area contributed by atoms with Gasteiger partial charge in [0.25, 0.3) is 5.56 Å². The van der Waals surface area contributed by atoms with Gasteiger partial charge in [-0.05, 0) is 38.5 Å². The fourth-order valence-electron chi connectivity index (χ4n) is 3.42. The lowest BCUT2D eigenvalue weighted by Crippen LogP contribution is -2.52. The van der Waals surface area contributed by atoms with E-state index in [0.29, 0.717) is 59.3 Å². The van der Waals surface area contributed by atoms with E-state index in [1.54, 1.807) is 29.4 Å². The van der Waals surface area contributed by atoms with Gasteiger partial charge in [0.1, 0.15) is 22.6 Å². The van der Waals surface area contributed by atoms with Gasteiger partial charge in [0.15, 0.2) is 0 Å². The Morgan fingerprint density at radius 2 is 2.12 bits per heavy atom. The van der Waals surface area contributed by atoms with Gasteiger partial charge in [-0.25, -0.2) is 13.5 Å². The highest BCUT2D eigenvalue weighted by Crippen LogP contribution is 2.31. The minimum absolute atomic E-state index is 0.0404. The van der Waals surface area contributed by atoms with Gasteiger partial charge in [-0.3, -0.25) is 4.79 Å². The van der Waals surface area contributed by atoms with Crippen LogP contribution < -0.4 is 10.3 Å². The Kier molecular flexibility index (Phi) is 8.30. The molecule has 0 spiro atoms. The zero-order chi connectivity index (χ0) is 23.3. The van der Waals surface area contributed by atoms with Crippen molar-refractivity contribution in [3.05, 3.63) is 39.8 Å². The number of aromatic amines is 1. The van der Waals surface area contributed by atoms with Crippen molar-refractivity contribution in [2.75, 3.05) is 32.9 Å². The Bertz CT molecular complexity index is 1050. The number of rotatable bonds is 11. The van der Waals surface area contributed by atoms with Crippen LogP contribution in [0.2, 0.25) is 0 Å². The summed E-state index contributed by atoms with van der Waals surface area (Å²) < 4.78 is 26.0. The topological polar surface area (TPSA) is 129 Å². The van der Waals surface area contributed by atoms with E-state index in [0.717, 1.165) is 6.42 Å². The molecule has 0 aliphatic carbocycles. The van der Waals surface area contributed by atoms with Crippen molar-refractivity contribution in [2.45, 2.75) is 44.6 Å². The maximum absolute atomic E-state index is 13.0. The summed E-state index contributed by atoms with van der Waals surface area (Å²) in [6.45, 7) is 7.14. The van der Waals surface area contributed by atoms with Crippen molar-refractivity contribution in [3.8, 4) is 17.1 Å². The average Bonchev–Trinajstić information content (AvgIpc) is 2.75. The normalized spacial score (nSPS) is 15.4. The molecule has 1 aliphatic rings. The third-order valence-electron chi connectivity index (χ3n) is 5.14. The summed E-state index contributed by atoms with van der Waals surface area (Å²) in [6.07, 6.45) is 1.25. The van der Waals surface area contributed by atoms with E-state index in [1.165, 1.54) is 0 Å². The van der Waals surface area contributed by atoms with Crippen molar-refractivity contribution < 1.29 is 18.8 Å². The van der Waals surface area contributed by atoms with Crippen LogP contribution in [0.15, 0.2) is 27.9 Å². The lowest BCUT2D eigenvalue weighted by Gasteiger charge is -2.37. The molecule has 1 aromatic carbocycles. The zero-order valence-corrected chi connectivity index (χ0v) is 19.5. The third-order valence-corrected chi connectivity index (χ3v) is 6.56. The molecule has 32 heavy (non-hydrogen) atoms. The molecule has 0 amide bonds. The Balaban J connectivity index is 1.95. The summed E-state index contributed by atoms with van der Waals surface area (Å²) in [6, 6.07) is 5.17. The second-order valence-corrected chi connectivity index (χ2v) is 9.01. The number of benzene rings is 1. The molecule has 3 rings (SSSR count). The number of nitrogens with one attached hydrogen (secondary N) is 2. The van der Waals surface area contributed by atoms with E-state index in [4.69, 9.17) is 20.0 Å². The minimum Gasteiger partial charge on any atom is -0.493 e. The predicted octanol–water partition coefficient (Wildman–Crippen LogP) is 2.03. The van der Waals surface area contributed by atoms with Crippen molar-refractivity contribution >= 4 is 16.7 Å². The van der Waals surface area contributed by atoms with Gasteiger partial charge in [-0.2, -0.15) is 0 Å². The lowest BCUT2D eigenvalue weighted by atomic mass is 10.1. The summed E-state index contributed by atoms with van der Waals surface area (Å²) >= 11 is 0. The molecule has 2 heterocycles. The first kappa shape index (κ1) is 24.2. The van der Waals surface area contributed by atoms with Crippen LogP contribution >= 0.6 is 0 Å². The van der Waals surface area contributed by atoms with Crippen LogP contribution in [0.5, 0.6) is 5.75 Å². The highest BCUT2D eigenvalue weighted by molar-refractivity contribution is 7.82. The number of ether oxygens (including phenoxy) is 2. The van der Waals surface area contributed by atoms with Crippen LogP contribution in [0.1, 0.15) is 37.9 Å². The fourth-order valence-corrected chi connectivity index (χ4v) is 4.72. The molecule has 1 aliphatic heterocycles. The molecule has 3 N–H and O–H groups in total. The Hall–Kier alpha value is -2.40. The summed E-state index contributed by atoms with van der Waals surface area (Å²) in [5, 5.41) is 17.2. The quantitative estimate of drug-likeness (QED) is 0.438. The van der Waals surface area contributed by atoms with E-state index >= 15 is 0 Å². The average molecular weight is 463 g/mol. The largest absolute Gasteiger partial charge is 0.493 e. The Morgan fingerprint density at radius 3 is 2.78 bits per heavy atom. The van der Waals surface area contributed by atoms with E-state index in [-0.39, 0.29) is 30.7 Å². The van der Waals surface area contributed by atoms with E-state index in [2.05, 4.69) is 9.97 Å². The van der Waals surface area contributed by atoms with Gasteiger partial charge >= 0.3 is 0 Å². The first-order valence-corrected chi connectivity index (χ1v) is 11.8. The van der Waals surface area contributed by atoms with Gasteiger partial charge in [0.2, 0.25) is 0 Å². The van der Waals surface area contributed by atoms with Gasteiger partial charge < -0.3 is 25.0 Å². The SMILES string of the molecule is CCCC(=N)c1nc(-c2cc(S(=O)N3CC(OCCO)C3)ccc2OCC)[nH]c(=O)c1C. The maximum Gasteiger partial charge on any atom is 0.254 e. The highest BCUT2D eigenvalue weighted by Gasteiger charge is 2.32. The smallest absolute Gasteiger partial charge is 0.254 e. The number of aliphatic hydroxyl groups is 1. The fraction of sp³-hybridized carbons (Fsp3) is 0.500. The van der Waals surface area contributed by atoms with Crippen LogP contribution in [0.4, 0.5) is 0 Å². The van der Waals surface area contributed by atoms with Gasteiger partial charge in [-0.1, -0.05) is 13.3 Å². The molecule has 1 unspecified atom stereocenters. The van der Waals surface area contributed by atoms with Gasteiger partial charge in [0.05, 0.1) is 47.8 Å². The molecule has 0 bridgehead atoms. The number of H-pyrrole nitrogens is 1.